The molecule has 1 aromatic rings. The molecule has 0 aliphatic heterocycles. The van der Waals surface area contributed by atoms with E-state index in [0.717, 1.165) is 11.8 Å². The fourth-order valence-electron chi connectivity index (χ4n) is 3.27. The van der Waals surface area contributed by atoms with E-state index in [0.29, 0.717) is 5.41 Å². The molecule has 0 atom stereocenters. The Morgan fingerprint density at radius 2 is 1.86 bits per heavy atom. The lowest BCUT2D eigenvalue weighted by Gasteiger charge is -2.38. The maximum absolute atomic E-state index is 2.38. The van der Waals surface area contributed by atoms with Crippen LogP contribution in [0.3, 0.4) is 0 Å². The number of aryl methyl sites for hydroxylation is 1. The number of fused-ring (bicyclic) bond motifs is 1. The van der Waals surface area contributed by atoms with Crippen molar-refractivity contribution in [3.05, 3.63) is 21.9 Å². The van der Waals surface area contributed by atoms with E-state index in [2.05, 4.69) is 39.1 Å². The summed E-state index contributed by atoms with van der Waals surface area (Å²) in [5, 5.41) is 2.27. The molecule has 0 aromatic carbocycles. The minimum Gasteiger partial charge on any atom is -0.149 e. The van der Waals surface area contributed by atoms with Gasteiger partial charge in [-0.25, -0.2) is 0 Å². The van der Waals surface area contributed by atoms with Crippen LogP contribution in [0.4, 0.5) is 0 Å². The number of rotatable bonds is 2. The number of hydrogen-bond acceptors (Lipinski definition) is 1. The Labute approximate surface area is 91.4 Å². The summed E-state index contributed by atoms with van der Waals surface area (Å²) in [6.07, 6.45) is 2.67. The molecule has 1 aliphatic carbocycles. The summed E-state index contributed by atoms with van der Waals surface area (Å²) in [4.78, 5) is 1.65. The predicted molar refractivity (Wildman–Crippen MR) is 64.0 cm³/mol. The van der Waals surface area contributed by atoms with Crippen molar-refractivity contribution in [3.8, 4) is 0 Å². The summed E-state index contributed by atoms with van der Waals surface area (Å²) in [6, 6.07) is 2.37. The van der Waals surface area contributed by atoms with Gasteiger partial charge in [-0.3, -0.25) is 0 Å². The van der Waals surface area contributed by atoms with Crippen LogP contribution >= 0.6 is 11.3 Å². The normalized spacial score (nSPS) is 19.3. The Hall–Kier alpha value is -0.300. The van der Waals surface area contributed by atoms with Crippen molar-refractivity contribution in [2.75, 3.05) is 0 Å². The Morgan fingerprint density at radius 3 is 2.43 bits per heavy atom. The van der Waals surface area contributed by atoms with E-state index in [9.17, 15) is 0 Å². The lowest BCUT2D eigenvalue weighted by molar-refractivity contribution is 0.218. The van der Waals surface area contributed by atoms with Gasteiger partial charge in [-0.1, -0.05) is 27.7 Å². The summed E-state index contributed by atoms with van der Waals surface area (Å²) in [7, 11) is 0. The maximum atomic E-state index is 2.38. The molecular formula is C13H20S. The van der Waals surface area contributed by atoms with Crippen LogP contribution in [-0.4, -0.2) is 0 Å². The first-order valence-electron chi connectivity index (χ1n) is 5.66. The highest BCUT2D eigenvalue weighted by Gasteiger charge is 2.44. The first-order valence-corrected chi connectivity index (χ1v) is 6.54. The van der Waals surface area contributed by atoms with Crippen LogP contribution in [0.1, 0.15) is 44.6 Å². The highest BCUT2D eigenvalue weighted by Crippen LogP contribution is 2.50. The van der Waals surface area contributed by atoms with Crippen molar-refractivity contribution in [2.45, 2.75) is 46.0 Å². The molecule has 0 nitrogen and oxygen atoms in total. The number of hydrogen-bond donors (Lipinski definition) is 0. The molecule has 0 saturated carbocycles. The fraction of sp³-hybridized carbons (Fsp3) is 0.692. The quantitative estimate of drug-likeness (QED) is 0.682. The highest BCUT2D eigenvalue weighted by molar-refractivity contribution is 7.10. The largest absolute Gasteiger partial charge is 0.149 e. The van der Waals surface area contributed by atoms with Crippen molar-refractivity contribution in [1.29, 1.82) is 0 Å². The lowest BCUT2D eigenvalue weighted by atomic mass is 9.66. The van der Waals surface area contributed by atoms with Crippen molar-refractivity contribution >= 4 is 11.3 Å². The second kappa shape index (κ2) is 3.37. The fourth-order valence-corrected chi connectivity index (χ4v) is 4.24. The molecule has 14 heavy (non-hydrogen) atoms. The molecular weight excluding hydrogens is 188 g/mol. The molecule has 1 heteroatoms. The van der Waals surface area contributed by atoms with E-state index in [-0.39, 0.29) is 0 Å². The van der Waals surface area contributed by atoms with Crippen molar-refractivity contribution in [3.63, 3.8) is 0 Å². The van der Waals surface area contributed by atoms with Gasteiger partial charge in [0, 0.05) is 10.3 Å². The molecule has 0 fully saturated rings. The van der Waals surface area contributed by atoms with E-state index in [1.165, 1.54) is 12.8 Å². The van der Waals surface area contributed by atoms with Gasteiger partial charge >= 0.3 is 0 Å². The molecule has 0 unspecified atom stereocenters. The van der Waals surface area contributed by atoms with Gasteiger partial charge in [-0.05, 0) is 41.7 Å². The maximum Gasteiger partial charge on any atom is 0.00834 e. The average Bonchev–Trinajstić information content (AvgIpc) is 2.60. The third-order valence-corrected chi connectivity index (χ3v) is 5.05. The zero-order valence-electron chi connectivity index (χ0n) is 9.63. The SMILES string of the molecule is CC(C)C1(C(C)C)CCc2sccc21. The Balaban J connectivity index is 2.50. The summed E-state index contributed by atoms with van der Waals surface area (Å²) < 4.78 is 0. The molecule has 78 valence electrons. The van der Waals surface area contributed by atoms with Gasteiger partial charge < -0.3 is 0 Å². The summed E-state index contributed by atoms with van der Waals surface area (Å²) in [6.45, 7) is 9.53. The molecule has 0 amide bonds. The first kappa shape index (κ1) is 10.2. The smallest absolute Gasteiger partial charge is 0.00834 e. The van der Waals surface area contributed by atoms with Crippen molar-refractivity contribution < 1.29 is 0 Å². The number of thiophene rings is 1. The summed E-state index contributed by atoms with van der Waals surface area (Å²) >= 11 is 1.95. The summed E-state index contributed by atoms with van der Waals surface area (Å²) in [5.74, 6) is 1.52. The minimum atomic E-state index is 0.468. The summed E-state index contributed by atoms with van der Waals surface area (Å²) in [5.41, 5.74) is 2.13. The Bertz CT molecular complexity index is 312. The standard InChI is InChI=1S/C13H20S/c1-9(2)13(10(3)4)7-5-12-11(13)6-8-14-12/h6,8-10H,5,7H2,1-4H3. The Morgan fingerprint density at radius 1 is 1.21 bits per heavy atom. The third-order valence-electron chi connectivity index (χ3n) is 4.07. The van der Waals surface area contributed by atoms with Crippen LogP contribution in [0.2, 0.25) is 0 Å². The zero-order chi connectivity index (χ0) is 10.3. The Kier molecular flexibility index (Phi) is 2.46. The topological polar surface area (TPSA) is 0 Å². The monoisotopic (exact) mass is 208 g/mol. The van der Waals surface area contributed by atoms with Crippen LogP contribution in [0.25, 0.3) is 0 Å². The van der Waals surface area contributed by atoms with Gasteiger partial charge in [-0.15, -0.1) is 11.3 Å². The molecule has 0 N–H and O–H groups in total. The van der Waals surface area contributed by atoms with Gasteiger partial charge in [0.2, 0.25) is 0 Å². The van der Waals surface area contributed by atoms with E-state index >= 15 is 0 Å². The van der Waals surface area contributed by atoms with Crippen LogP contribution in [0.5, 0.6) is 0 Å². The molecule has 1 heterocycles. The van der Waals surface area contributed by atoms with E-state index in [4.69, 9.17) is 0 Å². The average molecular weight is 208 g/mol. The van der Waals surface area contributed by atoms with Gasteiger partial charge in [0.1, 0.15) is 0 Å². The third kappa shape index (κ3) is 1.18. The second-order valence-electron chi connectivity index (χ2n) is 5.11. The molecule has 0 spiro atoms. The molecule has 2 rings (SSSR count). The molecule has 0 radical (unpaired) electrons. The van der Waals surface area contributed by atoms with Crippen molar-refractivity contribution in [2.24, 2.45) is 11.8 Å². The predicted octanol–water partition coefficient (Wildman–Crippen LogP) is 4.24. The van der Waals surface area contributed by atoms with Crippen LogP contribution in [0, 0.1) is 11.8 Å². The molecule has 1 aromatic heterocycles. The van der Waals surface area contributed by atoms with E-state index in [1.54, 1.807) is 10.4 Å². The zero-order valence-corrected chi connectivity index (χ0v) is 10.4. The van der Waals surface area contributed by atoms with Gasteiger partial charge in [0.05, 0.1) is 0 Å². The molecule has 0 saturated heterocycles. The van der Waals surface area contributed by atoms with E-state index in [1.807, 2.05) is 11.3 Å². The highest BCUT2D eigenvalue weighted by atomic mass is 32.1. The molecule has 0 bridgehead atoms. The minimum absolute atomic E-state index is 0.468. The van der Waals surface area contributed by atoms with Gasteiger partial charge in [0.25, 0.3) is 0 Å². The second-order valence-corrected chi connectivity index (χ2v) is 6.11. The van der Waals surface area contributed by atoms with E-state index < -0.39 is 0 Å². The van der Waals surface area contributed by atoms with Crippen LogP contribution in [0.15, 0.2) is 11.4 Å². The lowest BCUT2D eigenvalue weighted by Crippen LogP contribution is -2.35. The van der Waals surface area contributed by atoms with Crippen LogP contribution < -0.4 is 0 Å². The van der Waals surface area contributed by atoms with Crippen LogP contribution in [-0.2, 0) is 11.8 Å². The van der Waals surface area contributed by atoms with Crippen molar-refractivity contribution in [1.82, 2.24) is 0 Å². The van der Waals surface area contributed by atoms with Gasteiger partial charge in [0.15, 0.2) is 0 Å². The molecule has 1 aliphatic rings. The first-order chi connectivity index (χ1) is 6.59. The van der Waals surface area contributed by atoms with Gasteiger partial charge in [-0.2, -0.15) is 0 Å².